The van der Waals surface area contributed by atoms with E-state index in [0.717, 1.165) is 13.1 Å². The Labute approximate surface area is 142 Å². The first-order valence-corrected chi connectivity index (χ1v) is 8.37. The van der Waals surface area contributed by atoms with Crippen LogP contribution in [-0.4, -0.2) is 10.9 Å². The van der Waals surface area contributed by atoms with Crippen LogP contribution in [0, 0.1) is 6.92 Å². The first-order valence-electron chi connectivity index (χ1n) is 5.55. The molecular weight excluding hydrogens is 424 g/mol. The van der Waals surface area contributed by atoms with Crippen LogP contribution in [0.5, 0.6) is 0 Å². The van der Waals surface area contributed by atoms with Crippen molar-refractivity contribution in [2.75, 3.05) is 5.32 Å². The van der Waals surface area contributed by atoms with E-state index in [-0.39, 0.29) is 10.9 Å². The second-order valence-corrected chi connectivity index (χ2v) is 8.24. The molecule has 1 aromatic heterocycles. The van der Waals surface area contributed by atoms with Crippen molar-refractivity contribution >= 4 is 72.0 Å². The van der Waals surface area contributed by atoms with E-state index in [0.29, 0.717) is 16.8 Å². The van der Waals surface area contributed by atoms with Gasteiger partial charge in [0.05, 0.1) is 18.8 Å². The summed E-state index contributed by atoms with van der Waals surface area (Å²) in [6, 6.07) is 7.31. The second-order valence-electron chi connectivity index (χ2n) is 4.05. The Kier molecular flexibility index (Phi) is 4.95. The van der Waals surface area contributed by atoms with Gasteiger partial charge in [-0.25, -0.2) is 0 Å². The van der Waals surface area contributed by atoms with Gasteiger partial charge in [-0.1, -0.05) is 24.4 Å². The van der Waals surface area contributed by atoms with Crippen LogP contribution in [0.25, 0.3) is 0 Å². The van der Waals surface area contributed by atoms with Gasteiger partial charge in [-0.15, -0.1) is 11.3 Å². The van der Waals surface area contributed by atoms with E-state index in [2.05, 4.69) is 37.2 Å². The van der Waals surface area contributed by atoms with Crippen LogP contribution in [0.4, 0.5) is 5.69 Å². The Bertz CT molecular complexity index is 698. The third kappa shape index (κ3) is 3.28. The van der Waals surface area contributed by atoms with E-state index in [4.69, 9.17) is 18.0 Å². The summed E-state index contributed by atoms with van der Waals surface area (Å²) in [7, 11) is 0. The maximum atomic E-state index is 12.3. The molecule has 0 saturated carbocycles. The minimum absolute atomic E-state index is 0.207. The van der Waals surface area contributed by atoms with Gasteiger partial charge in [-0.2, -0.15) is 0 Å². The summed E-state index contributed by atoms with van der Waals surface area (Å²) in [4.78, 5) is 12.6. The van der Waals surface area contributed by atoms with Crippen LogP contribution in [0.3, 0.4) is 0 Å². The summed E-state index contributed by atoms with van der Waals surface area (Å²) in [6.07, 6.45) is 0. The number of thiocarbonyl (C=S) groups is 1. The summed E-state index contributed by atoms with van der Waals surface area (Å²) < 4.78 is 1.65. The monoisotopic (exact) mass is 432 g/mol. The number of carbonyl (C=O) groups is 1. The summed E-state index contributed by atoms with van der Waals surface area (Å²) in [5.74, 6) is -0.207. The molecule has 0 atom stereocenters. The van der Waals surface area contributed by atoms with Crippen LogP contribution in [0.15, 0.2) is 31.8 Å². The van der Waals surface area contributed by atoms with Gasteiger partial charge in [0.25, 0.3) is 5.91 Å². The average molecular weight is 434 g/mol. The number of hydrogen-bond acceptors (Lipinski definition) is 3. The number of thiophene rings is 1. The Hall–Kier alpha value is -0.760. The van der Waals surface area contributed by atoms with Crippen molar-refractivity contribution in [3.8, 4) is 0 Å². The second kappa shape index (κ2) is 6.34. The molecule has 0 aliphatic heterocycles. The molecule has 0 unspecified atom stereocenters. The minimum atomic E-state index is -0.207. The fraction of sp³-hybridized carbons (Fsp3) is 0.0769. The maximum Gasteiger partial charge on any atom is 0.257 e. The SMILES string of the molecule is Cc1cccc(NC(=O)c2cc(Br)sc2Br)c1C(N)=S. The van der Waals surface area contributed by atoms with Crippen molar-refractivity contribution in [2.45, 2.75) is 6.92 Å². The number of aryl methyl sites for hydroxylation is 1. The molecule has 2 aromatic rings. The van der Waals surface area contributed by atoms with Gasteiger partial charge < -0.3 is 11.1 Å². The van der Waals surface area contributed by atoms with Gasteiger partial charge in [0, 0.05) is 5.56 Å². The number of halogens is 2. The van der Waals surface area contributed by atoms with Gasteiger partial charge in [-0.3, -0.25) is 4.79 Å². The first kappa shape index (κ1) is 15.6. The van der Waals surface area contributed by atoms with Crippen LogP contribution in [0.1, 0.15) is 21.5 Å². The zero-order chi connectivity index (χ0) is 14.9. The average Bonchev–Trinajstić information content (AvgIpc) is 2.68. The van der Waals surface area contributed by atoms with Crippen molar-refractivity contribution in [3.05, 3.63) is 48.5 Å². The Morgan fingerprint density at radius 3 is 2.65 bits per heavy atom. The number of hydrogen-bond donors (Lipinski definition) is 2. The Morgan fingerprint density at radius 2 is 2.10 bits per heavy atom. The van der Waals surface area contributed by atoms with Crippen LogP contribution < -0.4 is 11.1 Å². The highest BCUT2D eigenvalue weighted by Crippen LogP contribution is 2.32. The highest BCUT2D eigenvalue weighted by atomic mass is 79.9. The zero-order valence-corrected chi connectivity index (χ0v) is 15.2. The smallest absolute Gasteiger partial charge is 0.257 e. The number of anilines is 1. The molecule has 0 radical (unpaired) electrons. The lowest BCUT2D eigenvalue weighted by molar-refractivity contribution is 0.102. The molecule has 0 aliphatic rings. The van der Waals surface area contributed by atoms with Gasteiger partial charge in [0.2, 0.25) is 0 Å². The number of rotatable bonds is 3. The number of nitrogens with two attached hydrogens (primary N) is 1. The molecule has 104 valence electrons. The van der Waals surface area contributed by atoms with Crippen molar-refractivity contribution in [2.24, 2.45) is 5.73 Å². The number of carbonyl (C=O) groups excluding carboxylic acids is 1. The highest BCUT2D eigenvalue weighted by Gasteiger charge is 2.16. The third-order valence-corrected chi connectivity index (χ3v) is 5.21. The van der Waals surface area contributed by atoms with E-state index in [9.17, 15) is 4.79 Å². The summed E-state index contributed by atoms with van der Waals surface area (Å²) in [5.41, 5.74) is 8.55. The van der Waals surface area contributed by atoms with E-state index in [1.807, 2.05) is 19.1 Å². The molecule has 2 rings (SSSR count). The number of benzene rings is 1. The minimum Gasteiger partial charge on any atom is -0.389 e. The van der Waals surface area contributed by atoms with Crippen molar-refractivity contribution in [3.63, 3.8) is 0 Å². The number of nitrogens with one attached hydrogen (secondary N) is 1. The lowest BCUT2D eigenvalue weighted by Crippen LogP contribution is -2.18. The van der Waals surface area contributed by atoms with Gasteiger partial charge in [0.15, 0.2) is 0 Å². The molecular formula is C13H10Br2N2OS2. The maximum absolute atomic E-state index is 12.3. The summed E-state index contributed by atoms with van der Waals surface area (Å²) >= 11 is 13.2. The molecule has 7 heteroatoms. The Morgan fingerprint density at radius 1 is 1.40 bits per heavy atom. The molecule has 1 heterocycles. The molecule has 0 spiro atoms. The van der Waals surface area contributed by atoms with Crippen molar-refractivity contribution in [1.29, 1.82) is 0 Å². The van der Waals surface area contributed by atoms with Gasteiger partial charge in [-0.05, 0) is 56.5 Å². The Balaban J connectivity index is 2.36. The molecule has 1 amide bonds. The molecule has 0 bridgehead atoms. The molecule has 0 saturated heterocycles. The quantitative estimate of drug-likeness (QED) is 0.702. The topological polar surface area (TPSA) is 55.1 Å². The van der Waals surface area contributed by atoms with Crippen molar-refractivity contribution < 1.29 is 4.79 Å². The zero-order valence-electron chi connectivity index (χ0n) is 10.4. The van der Waals surface area contributed by atoms with Crippen LogP contribution in [0.2, 0.25) is 0 Å². The molecule has 3 N–H and O–H groups in total. The standard InChI is InChI=1S/C13H10Br2N2OS2/c1-6-3-2-4-8(10(6)12(16)19)17-13(18)7-5-9(14)20-11(7)15/h2-5H,1H3,(H2,16,19)(H,17,18). The predicted octanol–water partition coefficient (Wildman–Crippen LogP) is 4.47. The number of amides is 1. The predicted molar refractivity (Wildman–Crippen MR) is 94.7 cm³/mol. The molecule has 0 aliphatic carbocycles. The fourth-order valence-corrected chi connectivity index (χ4v) is 4.85. The summed E-state index contributed by atoms with van der Waals surface area (Å²) in [6.45, 7) is 1.90. The molecule has 3 nitrogen and oxygen atoms in total. The fourth-order valence-electron chi connectivity index (χ4n) is 1.78. The molecule has 0 fully saturated rings. The van der Waals surface area contributed by atoms with Crippen LogP contribution in [-0.2, 0) is 0 Å². The lowest BCUT2D eigenvalue weighted by Gasteiger charge is -2.12. The van der Waals surface area contributed by atoms with E-state index in [1.165, 1.54) is 11.3 Å². The van der Waals surface area contributed by atoms with E-state index in [1.54, 1.807) is 12.1 Å². The van der Waals surface area contributed by atoms with Crippen LogP contribution >= 0.6 is 55.4 Å². The van der Waals surface area contributed by atoms with Gasteiger partial charge in [0.1, 0.15) is 4.99 Å². The highest BCUT2D eigenvalue weighted by molar-refractivity contribution is 9.12. The largest absolute Gasteiger partial charge is 0.389 e. The molecule has 1 aromatic carbocycles. The van der Waals surface area contributed by atoms with E-state index >= 15 is 0 Å². The molecule has 20 heavy (non-hydrogen) atoms. The van der Waals surface area contributed by atoms with Gasteiger partial charge >= 0.3 is 0 Å². The first-order chi connectivity index (χ1) is 9.40. The third-order valence-electron chi connectivity index (χ3n) is 2.67. The summed E-state index contributed by atoms with van der Waals surface area (Å²) in [5, 5.41) is 2.85. The van der Waals surface area contributed by atoms with E-state index < -0.39 is 0 Å². The van der Waals surface area contributed by atoms with Crippen molar-refractivity contribution in [1.82, 2.24) is 0 Å². The lowest BCUT2D eigenvalue weighted by atomic mass is 10.1. The normalized spacial score (nSPS) is 10.3.